The molecular weight excluding hydrogens is 361 g/mol. The van der Waals surface area contributed by atoms with Gasteiger partial charge in [-0.25, -0.2) is 0 Å². The molecule has 1 heterocycles. The quantitative estimate of drug-likeness (QED) is 0.685. The van der Waals surface area contributed by atoms with Crippen molar-refractivity contribution in [3.8, 4) is 0 Å². The van der Waals surface area contributed by atoms with Crippen molar-refractivity contribution in [2.45, 2.75) is 18.8 Å². The number of methoxy groups -OCH3 is 1. The average molecular weight is 386 g/mol. The zero-order chi connectivity index (χ0) is 16.1. The van der Waals surface area contributed by atoms with Crippen molar-refractivity contribution in [3.63, 3.8) is 0 Å². The summed E-state index contributed by atoms with van der Waals surface area (Å²) in [4.78, 5) is 17.3. The molecule has 1 saturated carbocycles. The highest BCUT2D eigenvalue weighted by Crippen LogP contribution is 2.40. The Hall–Kier alpha value is -1.40. The lowest BCUT2D eigenvalue weighted by Crippen LogP contribution is -2.33. The first-order chi connectivity index (χ1) is 11.3. The monoisotopic (exact) mass is 385 g/mol. The van der Waals surface area contributed by atoms with Crippen molar-refractivity contribution in [2.75, 3.05) is 33.4 Å². The minimum absolute atomic E-state index is 0. The fraction of sp³-hybridized carbons (Fsp3) is 0.444. The molecule has 0 spiro atoms. The summed E-state index contributed by atoms with van der Waals surface area (Å²) in [5.74, 6) is 0.501. The third-order valence-corrected chi connectivity index (χ3v) is 4.05. The molecule has 5 nitrogen and oxygen atoms in total. The van der Waals surface area contributed by atoms with Crippen LogP contribution in [-0.4, -0.2) is 44.2 Å². The van der Waals surface area contributed by atoms with E-state index in [0.29, 0.717) is 19.1 Å². The maximum atomic E-state index is 12.6. The number of carbonyl (C=O) groups is 1. The fourth-order valence-corrected chi connectivity index (χ4v) is 2.63. The highest BCUT2D eigenvalue weighted by atomic mass is 35.5. The van der Waals surface area contributed by atoms with Crippen molar-refractivity contribution in [3.05, 3.63) is 41.6 Å². The summed E-state index contributed by atoms with van der Waals surface area (Å²) in [5, 5.41) is 7.12. The van der Waals surface area contributed by atoms with Crippen molar-refractivity contribution < 1.29 is 9.53 Å². The lowest BCUT2D eigenvalue weighted by atomic mass is 10.1. The van der Waals surface area contributed by atoms with Crippen LogP contribution in [0.4, 0.5) is 0 Å². The summed E-state index contributed by atoms with van der Waals surface area (Å²) in [6.45, 7) is 2.79. The van der Waals surface area contributed by atoms with Gasteiger partial charge in [0.1, 0.15) is 0 Å². The molecule has 138 valence electrons. The van der Waals surface area contributed by atoms with Crippen LogP contribution in [0.2, 0.25) is 0 Å². The Balaban J connectivity index is 0.00000156. The molecule has 1 amide bonds. The van der Waals surface area contributed by atoms with E-state index in [1.165, 1.54) is 12.8 Å². The van der Waals surface area contributed by atoms with Crippen LogP contribution in [0.25, 0.3) is 10.9 Å². The number of hydrogen-bond donors (Lipinski definition) is 2. The van der Waals surface area contributed by atoms with Crippen LogP contribution in [0, 0.1) is 0 Å². The van der Waals surface area contributed by atoms with Crippen LogP contribution in [0.1, 0.15) is 34.8 Å². The van der Waals surface area contributed by atoms with Crippen molar-refractivity contribution in [1.82, 2.24) is 15.6 Å². The van der Waals surface area contributed by atoms with Crippen LogP contribution in [0.3, 0.4) is 0 Å². The predicted molar refractivity (Wildman–Crippen MR) is 105 cm³/mol. The van der Waals surface area contributed by atoms with Gasteiger partial charge >= 0.3 is 0 Å². The minimum atomic E-state index is -0.0287. The summed E-state index contributed by atoms with van der Waals surface area (Å²) in [6.07, 6.45) is 2.35. The van der Waals surface area contributed by atoms with Gasteiger partial charge in [0.25, 0.3) is 5.91 Å². The van der Waals surface area contributed by atoms with Gasteiger partial charge in [-0.2, -0.15) is 0 Å². The number of pyridine rings is 1. The molecule has 0 radical (unpaired) electrons. The van der Waals surface area contributed by atoms with Crippen LogP contribution in [0.15, 0.2) is 30.3 Å². The van der Waals surface area contributed by atoms with E-state index in [9.17, 15) is 4.79 Å². The van der Waals surface area contributed by atoms with Gasteiger partial charge in [0, 0.05) is 43.7 Å². The Morgan fingerprint density at radius 1 is 1.20 bits per heavy atom. The Morgan fingerprint density at radius 2 is 1.96 bits per heavy atom. The molecule has 0 unspecified atom stereocenters. The summed E-state index contributed by atoms with van der Waals surface area (Å²) in [5.41, 5.74) is 2.68. The van der Waals surface area contributed by atoms with Crippen molar-refractivity contribution in [1.29, 1.82) is 0 Å². The second kappa shape index (κ2) is 10.6. The second-order valence-electron chi connectivity index (χ2n) is 5.88. The number of hydrogen-bond acceptors (Lipinski definition) is 4. The van der Waals surface area contributed by atoms with E-state index in [-0.39, 0.29) is 30.7 Å². The number of halogens is 2. The van der Waals surface area contributed by atoms with E-state index in [4.69, 9.17) is 9.72 Å². The van der Waals surface area contributed by atoms with Gasteiger partial charge < -0.3 is 15.4 Å². The molecule has 1 aromatic carbocycles. The maximum absolute atomic E-state index is 12.6. The first kappa shape index (κ1) is 21.6. The minimum Gasteiger partial charge on any atom is -0.383 e. The topological polar surface area (TPSA) is 63.2 Å². The smallest absolute Gasteiger partial charge is 0.252 e. The fourth-order valence-electron chi connectivity index (χ4n) is 2.63. The highest BCUT2D eigenvalue weighted by molar-refractivity contribution is 6.06. The zero-order valence-electron chi connectivity index (χ0n) is 14.3. The van der Waals surface area contributed by atoms with Crippen molar-refractivity contribution in [2.24, 2.45) is 0 Å². The van der Waals surface area contributed by atoms with Crippen LogP contribution in [-0.2, 0) is 4.74 Å². The lowest BCUT2D eigenvalue weighted by Gasteiger charge is -2.10. The molecule has 25 heavy (non-hydrogen) atoms. The molecule has 1 fully saturated rings. The van der Waals surface area contributed by atoms with Gasteiger partial charge in [-0.3, -0.25) is 9.78 Å². The molecule has 0 aliphatic heterocycles. The molecule has 3 rings (SSSR count). The summed E-state index contributed by atoms with van der Waals surface area (Å²) >= 11 is 0. The highest BCUT2D eigenvalue weighted by Gasteiger charge is 2.26. The number of benzene rings is 1. The van der Waals surface area contributed by atoms with Crippen LogP contribution < -0.4 is 10.6 Å². The molecule has 7 heteroatoms. The van der Waals surface area contributed by atoms with E-state index in [1.807, 2.05) is 30.3 Å². The van der Waals surface area contributed by atoms with Gasteiger partial charge in [0.15, 0.2) is 0 Å². The second-order valence-corrected chi connectivity index (χ2v) is 5.88. The Bertz CT molecular complexity index is 693. The lowest BCUT2D eigenvalue weighted by molar-refractivity contribution is 0.0955. The van der Waals surface area contributed by atoms with E-state index in [0.717, 1.165) is 35.2 Å². The van der Waals surface area contributed by atoms with E-state index >= 15 is 0 Å². The third kappa shape index (κ3) is 5.82. The molecule has 1 aliphatic carbocycles. The number of amides is 1. The normalized spacial score (nSPS) is 13.0. The molecule has 0 bridgehead atoms. The van der Waals surface area contributed by atoms with E-state index < -0.39 is 0 Å². The van der Waals surface area contributed by atoms with Gasteiger partial charge in [0.2, 0.25) is 0 Å². The first-order valence-corrected chi connectivity index (χ1v) is 8.17. The van der Waals surface area contributed by atoms with Crippen LogP contribution in [0.5, 0.6) is 0 Å². The third-order valence-electron chi connectivity index (χ3n) is 4.05. The largest absolute Gasteiger partial charge is 0.383 e. The summed E-state index contributed by atoms with van der Waals surface area (Å²) in [6, 6.07) is 9.82. The van der Waals surface area contributed by atoms with Crippen molar-refractivity contribution >= 4 is 41.6 Å². The van der Waals surface area contributed by atoms with Gasteiger partial charge in [-0.05, 0) is 25.0 Å². The van der Waals surface area contributed by atoms with Gasteiger partial charge in [-0.15, -0.1) is 24.8 Å². The van der Waals surface area contributed by atoms with Crippen LogP contribution >= 0.6 is 24.8 Å². The van der Waals surface area contributed by atoms with E-state index in [2.05, 4.69) is 10.6 Å². The maximum Gasteiger partial charge on any atom is 0.252 e. The number of ether oxygens (including phenoxy) is 1. The van der Waals surface area contributed by atoms with Gasteiger partial charge in [0.05, 0.1) is 17.7 Å². The zero-order valence-corrected chi connectivity index (χ0v) is 15.9. The Labute approximate surface area is 160 Å². The number of nitrogens with zero attached hydrogens (tertiary/aromatic N) is 1. The number of carbonyl (C=O) groups excluding carboxylic acids is 1. The molecular formula is C18H25Cl2N3O2. The SMILES string of the molecule is COCCNCCNC(=O)c1cc(C2CC2)nc2ccccc12.Cl.Cl. The molecule has 1 aromatic heterocycles. The number of nitrogens with one attached hydrogen (secondary N) is 2. The molecule has 1 aliphatic rings. The Kier molecular flexibility index (Phi) is 9.14. The molecule has 0 atom stereocenters. The average Bonchev–Trinajstić information content (AvgIpc) is 3.42. The van der Waals surface area contributed by atoms with E-state index in [1.54, 1.807) is 7.11 Å². The molecule has 2 aromatic rings. The molecule has 0 saturated heterocycles. The first-order valence-electron chi connectivity index (χ1n) is 8.17. The standard InChI is InChI=1S/C18H23N3O2.2ClH/c1-23-11-10-19-8-9-20-18(22)15-12-17(13-6-7-13)21-16-5-3-2-4-14(15)16;;/h2-5,12-13,19H,6-11H2,1H3,(H,20,22);2*1H. The van der Waals surface area contributed by atoms with Gasteiger partial charge in [-0.1, -0.05) is 18.2 Å². The molecule has 2 N–H and O–H groups in total. The Morgan fingerprint density at radius 3 is 2.68 bits per heavy atom. The number of para-hydroxylation sites is 1. The summed E-state index contributed by atoms with van der Waals surface area (Å²) < 4.78 is 4.97. The number of fused-ring (bicyclic) bond motifs is 1. The predicted octanol–water partition coefficient (Wildman–Crippen LogP) is 2.92. The number of aromatic nitrogens is 1. The number of rotatable bonds is 8. The summed E-state index contributed by atoms with van der Waals surface area (Å²) in [7, 11) is 1.68.